The molecule has 0 spiro atoms. The summed E-state index contributed by atoms with van der Waals surface area (Å²) in [6.45, 7) is 6.13. The summed E-state index contributed by atoms with van der Waals surface area (Å²) in [5.74, 6) is 0. The van der Waals surface area contributed by atoms with E-state index in [2.05, 4.69) is 13.8 Å². The van der Waals surface area contributed by atoms with Crippen LogP contribution in [0.25, 0.3) is 0 Å². The van der Waals surface area contributed by atoms with E-state index in [0.29, 0.717) is 0 Å². The van der Waals surface area contributed by atoms with Crippen LogP contribution in [0.1, 0.15) is 77.6 Å². The third-order valence-corrected chi connectivity index (χ3v) is 2.60. The molecule has 0 fully saturated rings. The highest BCUT2D eigenvalue weighted by Gasteiger charge is 1.90. The quantitative estimate of drug-likeness (QED) is 0.477. The van der Waals surface area contributed by atoms with Gasteiger partial charge in [-0.25, -0.2) is 0 Å². The first kappa shape index (κ1) is 16.4. The lowest BCUT2D eigenvalue weighted by atomic mass is 10.1. The second kappa shape index (κ2) is 15.4. The molecule has 0 bridgehead atoms. The third-order valence-electron chi connectivity index (χ3n) is 2.60. The van der Waals surface area contributed by atoms with Gasteiger partial charge < -0.3 is 6.15 Å². The Bertz CT molecular complexity index is 71.3. The molecule has 14 heavy (non-hydrogen) atoms. The van der Waals surface area contributed by atoms with Crippen LogP contribution in [0.4, 0.5) is 0 Å². The van der Waals surface area contributed by atoms with Gasteiger partial charge in [-0.15, -0.1) is 0 Å². The van der Waals surface area contributed by atoms with Crippen molar-refractivity contribution in [3.63, 3.8) is 0 Å². The van der Waals surface area contributed by atoms with Crippen LogP contribution in [-0.2, 0) is 0 Å². The van der Waals surface area contributed by atoms with E-state index < -0.39 is 0 Å². The zero-order chi connectivity index (χ0) is 9.78. The molecule has 0 amide bonds. The highest BCUT2D eigenvalue weighted by atomic mass is 14.0. The molecule has 0 rings (SSSR count). The molecule has 0 aliphatic heterocycles. The normalized spacial score (nSPS) is 9.86. The van der Waals surface area contributed by atoms with Crippen molar-refractivity contribution in [3.8, 4) is 0 Å². The lowest BCUT2D eigenvalue weighted by molar-refractivity contribution is 0.557. The summed E-state index contributed by atoms with van der Waals surface area (Å²) in [7, 11) is 0. The fourth-order valence-corrected chi connectivity index (χ4v) is 1.66. The van der Waals surface area contributed by atoms with Gasteiger partial charge in [-0.2, -0.15) is 0 Å². The van der Waals surface area contributed by atoms with Crippen molar-refractivity contribution in [2.24, 2.45) is 0 Å². The lowest BCUT2D eigenvalue weighted by Crippen LogP contribution is -1.81. The Morgan fingerprint density at radius 1 is 0.643 bits per heavy atom. The topological polar surface area (TPSA) is 35.0 Å². The third kappa shape index (κ3) is 14.5. The van der Waals surface area contributed by atoms with Gasteiger partial charge in [-0.3, -0.25) is 0 Å². The Balaban J connectivity index is 0. The molecule has 0 saturated heterocycles. The molecule has 87 valence electrons. The summed E-state index contributed by atoms with van der Waals surface area (Å²) in [5, 5.41) is 0. The lowest BCUT2D eigenvalue weighted by Gasteiger charge is -2.00. The van der Waals surface area contributed by atoms with Crippen LogP contribution in [0.5, 0.6) is 0 Å². The first-order valence-corrected chi connectivity index (χ1v) is 6.21. The fraction of sp³-hybridized carbons (Fsp3) is 0.923. The summed E-state index contributed by atoms with van der Waals surface area (Å²) in [6.07, 6.45) is 15.4. The number of hydrogen-bond acceptors (Lipinski definition) is 1. The van der Waals surface area contributed by atoms with E-state index in [-0.39, 0.29) is 6.15 Å². The minimum absolute atomic E-state index is 0. The molecular weight excluding hydrogens is 170 g/mol. The standard InChI is InChI=1S/C13H27.H3N/c1-3-5-7-9-11-13-12-10-8-6-4-2;/h1,3-13H2,2H3;1H3. The van der Waals surface area contributed by atoms with Crippen molar-refractivity contribution in [3.05, 3.63) is 6.92 Å². The van der Waals surface area contributed by atoms with E-state index >= 15 is 0 Å². The van der Waals surface area contributed by atoms with Gasteiger partial charge in [-0.1, -0.05) is 84.5 Å². The van der Waals surface area contributed by atoms with Crippen molar-refractivity contribution in [1.82, 2.24) is 6.15 Å². The van der Waals surface area contributed by atoms with Crippen molar-refractivity contribution >= 4 is 0 Å². The van der Waals surface area contributed by atoms with Crippen LogP contribution < -0.4 is 6.15 Å². The molecule has 0 saturated carbocycles. The van der Waals surface area contributed by atoms with E-state index in [1.807, 2.05) is 0 Å². The molecule has 0 atom stereocenters. The minimum Gasteiger partial charge on any atom is -0.344 e. The van der Waals surface area contributed by atoms with Crippen LogP contribution >= 0.6 is 0 Å². The van der Waals surface area contributed by atoms with Gasteiger partial charge in [0.25, 0.3) is 0 Å². The first-order chi connectivity index (χ1) is 6.41. The van der Waals surface area contributed by atoms with Crippen LogP contribution in [0.2, 0.25) is 0 Å². The van der Waals surface area contributed by atoms with E-state index in [9.17, 15) is 0 Å². The number of rotatable bonds is 10. The Labute approximate surface area is 91.3 Å². The summed E-state index contributed by atoms with van der Waals surface area (Å²) >= 11 is 0. The summed E-state index contributed by atoms with van der Waals surface area (Å²) in [4.78, 5) is 0. The second-order valence-electron chi connectivity index (χ2n) is 4.04. The Kier molecular flexibility index (Phi) is 18.1. The Morgan fingerprint density at radius 3 is 1.36 bits per heavy atom. The molecule has 0 aliphatic rings. The molecule has 1 heteroatoms. The number of unbranched alkanes of at least 4 members (excludes halogenated alkanes) is 10. The predicted octanol–water partition coefficient (Wildman–Crippen LogP) is 5.29. The fourth-order valence-electron chi connectivity index (χ4n) is 1.66. The number of hydrogen-bond donors (Lipinski definition) is 1. The molecule has 3 N–H and O–H groups in total. The van der Waals surface area contributed by atoms with Gasteiger partial charge in [0.1, 0.15) is 0 Å². The molecule has 0 aromatic carbocycles. The molecule has 0 heterocycles. The van der Waals surface area contributed by atoms with Crippen molar-refractivity contribution in [1.29, 1.82) is 0 Å². The second-order valence-corrected chi connectivity index (χ2v) is 4.04. The molecule has 1 nitrogen and oxygen atoms in total. The summed E-state index contributed by atoms with van der Waals surface area (Å²) in [5.41, 5.74) is 0. The maximum absolute atomic E-state index is 3.85. The SMILES string of the molecule is N.[CH2]CCCCCCCCCCCC. The van der Waals surface area contributed by atoms with Crippen LogP contribution in [0.3, 0.4) is 0 Å². The highest BCUT2D eigenvalue weighted by Crippen LogP contribution is 2.10. The maximum atomic E-state index is 3.85. The van der Waals surface area contributed by atoms with Gasteiger partial charge >= 0.3 is 0 Å². The average Bonchev–Trinajstić information content (AvgIpc) is 2.16. The Morgan fingerprint density at radius 2 is 1.00 bits per heavy atom. The Hall–Kier alpha value is -0.0400. The van der Waals surface area contributed by atoms with Crippen molar-refractivity contribution in [2.45, 2.75) is 77.6 Å². The van der Waals surface area contributed by atoms with Gasteiger partial charge in [0.05, 0.1) is 0 Å². The van der Waals surface area contributed by atoms with Crippen molar-refractivity contribution < 1.29 is 0 Å². The highest BCUT2D eigenvalue weighted by molar-refractivity contribution is 4.48. The zero-order valence-corrected chi connectivity index (χ0v) is 10.2. The molecule has 0 unspecified atom stereocenters. The monoisotopic (exact) mass is 200 g/mol. The van der Waals surface area contributed by atoms with E-state index in [4.69, 9.17) is 0 Å². The van der Waals surface area contributed by atoms with Gasteiger partial charge in [0, 0.05) is 0 Å². The first-order valence-electron chi connectivity index (χ1n) is 6.21. The van der Waals surface area contributed by atoms with Crippen LogP contribution in [-0.4, -0.2) is 0 Å². The van der Waals surface area contributed by atoms with Crippen molar-refractivity contribution in [2.75, 3.05) is 0 Å². The average molecular weight is 200 g/mol. The van der Waals surface area contributed by atoms with Crippen LogP contribution in [0.15, 0.2) is 0 Å². The van der Waals surface area contributed by atoms with E-state index in [1.54, 1.807) is 0 Å². The van der Waals surface area contributed by atoms with Gasteiger partial charge in [0.2, 0.25) is 0 Å². The maximum Gasteiger partial charge on any atom is -0.0533 e. The smallest absolute Gasteiger partial charge is 0.0533 e. The molecule has 0 aromatic rings. The molecule has 1 radical (unpaired) electrons. The zero-order valence-electron chi connectivity index (χ0n) is 10.2. The summed E-state index contributed by atoms with van der Waals surface area (Å²) < 4.78 is 0. The molecular formula is C13H30N. The molecule has 0 aromatic heterocycles. The van der Waals surface area contributed by atoms with E-state index in [0.717, 1.165) is 6.42 Å². The molecule has 0 aliphatic carbocycles. The van der Waals surface area contributed by atoms with Gasteiger partial charge in [0.15, 0.2) is 0 Å². The predicted molar refractivity (Wildman–Crippen MR) is 66.8 cm³/mol. The van der Waals surface area contributed by atoms with E-state index in [1.165, 1.54) is 64.2 Å². The van der Waals surface area contributed by atoms with Crippen LogP contribution in [0, 0.1) is 6.92 Å². The van der Waals surface area contributed by atoms with Gasteiger partial charge in [-0.05, 0) is 0 Å². The minimum atomic E-state index is 0. The summed E-state index contributed by atoms with van der Waals surface area (Å²) in [6, 6.07) is 0. The largest absolute Gasteiger partial charge is 0.344 e.